The first kappa shape index (κ1) is 21.3. The Labute approximate surface area is 184 Å². The lowest BCUT2D eigenvalue weighted by Crippen LogP contribution is -2.62. The largest absolute Gasteiger partial charge is 0.388 e. The molecular formula is C21H24Cl2FN5O. The summed E-state index contributed by atoms with van der Waals surface area (Å²) >= 11 is 12.8. The van der Waals surface area contributed by atoms with E-state index in [0.29, 0.717) is 42.0 Å². The molecule has 0 aliphatic carbocycles. The smallest absolute Gasteiger partial charge is 0.151 e. The SMILES string of the molecule is CC(C)[C@@](C)(O)[C@@H]1CN(c2nc(-c3c(Cl)[nH]c4ncccc34)c(F)cc2Cl)CCN1. The van der Waals surface area contributed by atoms with Crippen LogP contribution >= 0.6 is 23.2 Å². The van der Waals surface area contributed by atoms with Gasteiger partial charge in [-0.1, -0.05) is 37.0 Å². The molecule has 4 rings (SSSR count). The molecule has 6 nitrogen and oxygen atoms in total. The van der Waals surface area contributed by atoms with Crippen LogP contribution in [0.2, 0.25) is 10.2 Å². The summed E-state index contributed by atoms with van der Waals surface area (Å²) in [5, 5.41) is 15.5. The first-order chi connectivity index (χ1) is 14.2. The maximum atomic E-state index is 14.9. The van der Waals surface area contributed by atoms with E-state index in [1.165, 1.54) is 6.07 Å². The van der Waals surface area contributed by atoms with Crippen LogP contribution < -0.4 is 10.2 Å². The third kappa shape index (κ3) is 3.64. The van der Waals surface area contributed by atoms with Crippen molar-refractivity contribution in [1.82, 2.24) is 20.3 Å². The van der Waals surface area contributed by atoms with Gasteiger partial charge < -0.3 is 20.3 Å². The van der Waals surface area contributed by atoms with Crippen molar-refractivity contribution in [3.05, 3.63) is 40.4 Å². The van der Waals surface area contributed by atoms with E-state index in [0.717, 1.165) is 0 Å². The lowest BCUT2D eigenvalue weighted by molar-refractivity contribution is -0.0231. The Kier molecular flexibility index (Phi) is 5.66. The maximum Gasteiger partial charge on any atom is 0.151 e. The highest BCUT2D eigenvalue weighted by atomic mass is 35.5. The monoisotopic (exact) mass is 451 g/mol. The molecule has 160 valence electrons. The van der Waals surface area contributed by atoms with Crippen LogP contribution in [-0.2, 0) is 0 Å². The van der Waals surface area contributed by atoms with Crippen LogP contribution in [0.4, 0.5) is 10.2 Å². The molecule has 0 unspecified atom stereocenters. The summed E-state index contributed by atoms with van der Waals surface area (Å²) in [5.74, 6) is -0.0376. The standard InChI is InChI=1S/C21H24Cl2FN5O/c1-11(2)21(3,30)15-10-29(8-7-25-15)20-13(22)9-14(24)17(27-20)16-12-5-4-6-26-19(12)28-18(16)23/h4-6,9,11,15,25,30H,7-8,10H2,1-3H3,(H,26,28)/t15-,21+/m0/s1. The summed E-state index contributed by atoms with van der Waals surface area (Å²) in [6.07, 6.45) is 1.64. The van der Waals surface area contributed by atoms with Gasteiger partial charge in [-0.3, -0.25) is 0 Å². The molecule has 1 saturated heterocycles. The van der Waals surface area contributed by atoms with Gasteiger partial charge >= 0.3 is 0 Å². The Morgan fingerprint density at radius 3 is 2.87 bits per heavy atom. The van der Waals surface area contributed by atoms with Crippen LogP contribution in [0.15, 0.2) is 24.4 Å². The lowest BCUT2D eigenvalue weighted by atomic mass is 9.84. The van der Waals surface area contributed by atoms with E-state index in [1.54, 1.807) is 12.3 Å². The third-order valence-electron chi connectivity index (χ3n) is 6.02. The second-order valence-electron chi connectivity index (χ2n) is 8.17. The number of halogens is 3. The molecule has 9 heteroatoms. The summed E-state index contributed by atoms with van der Waals surface area (Å²) < 4.78 is 14.9. The highest BCUT2D eigenvalue weighted by molar-refractivity contribution is 6.35. The number of nitrogens with zero attached hydrogens (tertiary/aromatic N) is 3. The van der Waals surface area contributed by atoms with Crippen molar-refractivity contribution in [1.29, 1.82) is 0 Å². The number of piperazine rings is 1. The molecule has 30 heavy (non-hydrogen) atoms. The summed E-state index contributed by atoms with van der Waals surface area (Å²) in [6, 6.07) is 4.66. The number of rotatable bonds is 4. The second-order valence-corrected chi connectivity index (χ2v) is 8.96. The molecule has 3 aromatic rings. The Bertz CT molecular complexity index is 1080. The molecule has 0 radical (unpaired) electrons. The number of hydrogen-bond donors (Lipinski definition) is 3. The fraction of sp³-hybridized carbons (Fsp3) is 0.429. The van der Waals surface area contributed by atoms with E-state index in [2.05, 4.69) is 20.3 Å². The summed E-state index contributed by atoms with van der Waals surface area (Å²) in [7, 11) is 0. The van der Waals surface area contributed by atoms with Crippen molar-refractivity contribution in [2.24, 2.45) is 5.92 Å². The normalized spacial score (nSPS) is 19.5. The highest BCUT2D eigenvalue weighted by Crippen LogP contribution is 2.38. The topological polar surface area (TPSA) is 77.1 Å². The maximum absolute atomic E-state index is 14.9. The molecule has 4 heterocycles. The van der Waals surface area contributed by atoms with Crippen molar-refractivity contribution < 1.29 is 9.50 Å². The van der Waals surface area contributed by atoms with E-state index in [1.807, 2.05) is 31.7 Å². The first-order valence-electron chi connectivity index (χ1n) is 9.89. The molecule has 3 N–H and O–H groups in total. The van der Waals surface area contributed by atoms with Crippen molar-refractivity contribution in [3.8, 4) is 11.3 Å². The predicted molar refractivity (Wildman–Crippen MR) is 119 cm³/mol. The van der Waals surface area contributed by atoms with Crippen molar-refractivity contribution in [2.75, 3.05) is 24.5 Å². The van der Waals surface area contributed by atoms with Crippen LogP contribution in [0.25, 0.3) is 22.3 Å². The molecular weight excluding hydrogens is 428 g/mol. The molecule has 1 aliphatic heterocycles. The second kappa shape index (κ2) is 7.96. The number of H-pyrrole nitrogens is 1. The summed E-state index contributed by atoms with van der Waals surface area (Å²) in [4.78, 5) is 13.8. The Hall–Kier alpha value is -1.93. The minimum Gasteiger partial charge on any atom is -0.388 e. The van der Waals surface area contributed by atoms with Crippen molar-refractivity contribution in [2.45, 2.75) is 32.4 Å². The van der Waals surface area contributed by atoms with Crippen molar-refractivity contribution >= 4 is 40.1 Å². The number of fused-ring (bicyclic) bond motifs is 1. The van der Waals surface area contributed by atoms with Crippen LogP contribution in [-0.4, -0.2) is 51.3 Å². The van der Waals surface area contributed by atoms with E-state index in [4.69, 9.17) is 23.2 Å². The van der Waals surface area contributed by atoms with E-state index in [-0.39, 0.29) is 27.8 Å². The van der Waals surface area contributed by atoms with Crippen LogP contribution in [0.1, 0.15) is 20.8 Å². The average Bonchev–Trinajstić information content (AvgIpc) is 3.04. The zero-order valence-electron chi connectivity index (χ0n) is 17.0. The van der Waals surface area contributed by atoms with Crippen LogP contribution in [0.3, 0.4) is 0 Å². The number of anilines is 1. The van der Waals surface area contributed by atoms with E-state index >= 15 is 0 Å². The molecule has 0 bridgehead atoms. The third-order valence-corrected chi connectivity index (χ3v) is 6.58. The molecule has 1 aliphatic rings. The number of aromatic nitrogens is 3. The van der Waals surface area contributed by atoms with Gasteiger partial charge in [0.25, 0.3) is 0 Å². The first-order valence-corrected chi connectivity index (χ1v) is 10.6. The molecule has 0 spiro atoms. The van der Waals surface area contributed by atoms with Gasteiger partial charge in [0.15, 0.2) is 5.82 Å². The van der Waals surface area contributed by atoms with E-state index in [9.17, 15) is 9.50 Å². The Balaban J connectivity index is 1.76. The number of pyridine rings is 2. The zero-order valence-corrected chi connectivity index (χ0v) is 18.5. The van der Waals surface area contributed by atoms with Gasteiger partial charge in [0.1, 0.15) is 22.3 Å². The minimum atomic E-state index is -0.917. The quantitative estimate of drug-likeness (QED) is 0.552. The van der Waals surface area contributed by atoms with Crippen molar-refractivity contribution in [3.63, 3.8) is 0 Å². The van der Waals surface area contributed by atoms with Crippen LogP contribution in [0, 0.1) is 11.7 Å². The molecule has 0 saturated carbocycles. The number of hydrogen-bond acceptors (Lipinski definition) is 5. The minimum absolute atomic E-state index is 0.0553. The lowest BCUT2D eigenvalue weighted by Gasteiger charge is -2.43. The molecule has 0 aromatic carbocycles. The Morgan fingerprint density at radius 1 is 1.37 bits per heavy atom. The fourth-order valence-corrected chi connectivity index (χ4v) is 4.35. The number of nitrogens with one attached hydrogen (secondary N) is 2. The summed E-state index contributed by atoms with van der Waals surface area (Å²) in [6.45, 7) is 7.56. The fourth-order valence-electron chi connectivity index (χ4n) is 3.81. The van der Waals surface area contributed by atoms with Gasteiger partial charge in [0, 0.05) is 36.8 Å². The molecule has 0 amide bonds. The zero-order chi connectivity index (χ0) is 21.6. The number of aromatic amines is 1. The average molecular weight is 452 g/mol. The van der Waals surface area contributed by atoms with Crippen LogP contribution in [0.5, 0.6) is 0 Å². The molecule has 3 aromatic heterocycles. The predicted octanol–water partition coefficient (Wildman–Crippen LogP) is 4.26. The van der Waals surface area contributed by atoms with Gasteiger partial charge in [-0.15, -0.1) is 0 Å². The van der Waals surface area contributed by atoms with Gasteiger partial charge in [-0.05, 0) is 31.0 Å². The van der Waals surface area contributed by atoms with Gasteiger partial charge in [0.2, 0.25) is 0 Å². The highest BCUT2D eigenvalue weighted by Gasteiger charge is 2.38. The van der Waals surface area contributed by atoms with Gasteiger partial charge in [0.05, 0.1) is 16.7 Å². The Morgan fingerprint density at radius 2 is 2.13 bits per heavy atom. The van der Waals surface area contributed by atoms with Gasteiger partial charge in [-0.25, -0.2) is 14.4 Å². The molecule has 2 atom stereocenters. The number of aliphatic hydroxyl groups is 1. The summed E-state index contributed by atoms with van der Waals surface area (Å²) in [5.41, 5.74) is 0.214. The van der Waals surface area contributed by atoms with Gasteiger partial charge in [-0.2, -0.15) is 0 Å². The van der Waals surface area contributed by atoms with E-state index < -0.39 is 11.4 Å². The molecule has 1 fully saturated rings.